The van der Waals surface area contributed by atoms with Gasteiger partial charge < -0.3 is 0 Å². The molecule has 1 aromatic heterocycles. The van der Waals surface area contributed by atoms with Crippen LogP contribution in [0.3, 0.4) is 0 Å². The van der Waals surface area contributed by atoms with Gasteiger partial charge in [-0.3, -0.25) is 9.89 Å². The van der Waals surface area contributed by atoms with E-state index in [0.29, 0.717) is 5.56 Å². The molecule has 0 radical (unpaired) electrons. The molecule has 3 heteroatoms. The molecular weight excluding hydrogens is 308 g/mol. The van der Waals surface area contributed by atoms with Gasteiger partial charge in [-0.1, -0.05) is 78.4 Å². The van der Waals surface area contributed by atoms with Crippen LogP contribution in [0.15, 0.2) is 89.7 Å². The lowest BCUT2D eigenvalue weighted by atomic mass is 10.0. The lowest BCUT2D eigenvalue weighted by Crippen LogP contribution is -2.15. The Morgan fingerprint density at radius 2 is 1.32 bits per heavy atom. The quantitative estimate of drug-likeness (QED) is 0.576. The van der Waals surface area contributed by atoms with Crippen LogP contribution in [0.5, 0.6) is 0 Å². The van der Waals surface area contributed by atoms with E-state index in [4.69, 9.17) is 0 Å². The van der Waals surface area contributed by atoms with E-state index in [1.165, 1.54) is 5.56 Å². The van der Waals surface area contributed by atoms with Gasteiger partial charge in [0, 0.05) is 5.56 Å². The number of aromatic amines is 1. The minimum absolute atomic E-state index is 0.0473. The monoisotopic (exact) mass is 326 g/mol. The normalized spacial score (nSPS) is 10.8. The van der Waals surface area contributed by atoms with E-state index in [1.807, 2.05) is 91.9 Å². The highest BCUT2D eigenvalue weighted by molar-refractivity contribution is 5.80. The van der Waals surface area contributed by atoms with Crippen molar-refractivity contribution in [2.24, 2.45) is 0 Å². The van der Waals surface area contributed by atoms with Gasteiger partial charge in [0.25, 0.3) is 5.56 Å². The van der Waals surface area contributed by atoms with Crippen LogP contribution in [0.25, 0.3) is 28.1 Å². The molecule has 0 spiro atoms. The van der Waals surface area contributed by atoms with Gasteiger partial charge in [-0.05, 0) is 24.6 Å². The van der Waals surface area contributed by atoms with Crippen LogP contribution in [0, 0.1) is 6.92 Å². The first-order valence-electron chi connectivity index (χ1n) is 8.27. The number of hydrogen-bond donors (Lipinski definition) is 1. The van der Waals surface area contributed by atoms with E-state index in [9.17, 15) is 4.79 Å². The van der Waals surface area contributed by atoms with E-state index in [2.05, 4.69) is 5.10 Å². The summed E-state index contributed by atoms with van der Waals surface area (Å²) in [5, 5.41) is 3.30. The predicted molar refractivity (Wildman–Crippen MR) is 102 cm³/mol. The Kier molecular flexibility index (Phi) is 3.82. The molecule has 0 bridgehead atoms. The minimum Gasteiger partial charge on any atom is -0.290 e. The Morgan fingerprint density at radius 3 is 1.96 bits per heavy atom. The molecule has 122 valence electrons. The van der Waals surface area contributed by atoms with Crippen molar-refractivity contribution < 1.29 is 0 Å². The minimum atomic E-state index is -0.0473. The molecule has 0 atom stereocenters. The van der Waals surface area contributed by atoms with Gasteiger partial charge in [-0.2, -0.15) is 0 Å². The number of benzene rings is 3. The number of H-pyrrole nitrogens is 1. The molecule has 1 heterocycles. The smallest absolute Gasteiger partial charge is 0.279 e. The SMILES string of the molecule is Cc1ccc(-c2c(-c3ccccc3)[nH]n(-c3ccccc3)c2=O)cc1. The molecule has 0 aliphatic rings. The van der Waals surface area contributed by atoms with Gasteiger partial charge in [-0.25, -0.2) is 4.68 Å². The van der Waals surface area contributed by atoms with Crippen molar-refractivity contribution in [3.63, 3.8) is 0 Å². The van der Waals surface area contributed by atoms with Crippen molar-refractivity contribution in [3.8, 4) is 28.1 Å². The molecule has 0 amide bonds. The Hall–Kier alpha value is -3.33. The summed E-state index contributed by atoms with van der Waals surface area (Å²) in [4.78, 5) is 13.2. The Bertz CT molecular complexity index is 1040. The lowest BCUT2D eigenvalue weighted by Gasteiger charge is -2.03. The highest BCUT2D eigenvalue weighted by Crippen LogP contribution is 2.28. The lowest BCUT2D eigenvalue weighted by molar-refractivity contribution is 0.853. The van der Waals surface area contributed by atoms with Crippen molar-refractivity contribution in [2.75, 3.05) is 0 Å². The van der Waals surface area contributed by atoms with Gasteiger partial charge >= 0.3 is 0 Å². The highest BCUT2D eigenvalue weighted by Gasteiger charge is 2.18. The second-order valence-corrected chi connectivity index (χ2v) is 6.07. The van der Waals surface area contributed by atoms with Crippen molar-refractivity contribution in [1.82, 2.24) is 9.78 Å². The fraction of sp³-hybridized carbons (Fsp3) is 0.0455. The Balaban J connectivity index is 1.99. The zero-order valence-electron chi connectivity index (χ0n) is 13.9. The second kappa shape index (κ2) is 6.29. The number of aryl methyl sites for hydroxylation is 1. The number of nitrogens with zero attached hydrogens (tertiary/aromatic N) is 1. The Labute approximate surface area is 146 Å². The molecule has 0 saturated heterocycles. The summed E-state index contributed by atoms with van der Waals surface area (Å²) in [6.07, 6.45) is 0. The van der Waals surface area contributed by atoms with Gasteiger partial charge in [0.1, 0.15) is 0 Å². The highest BCUT2D eigenvalue weighted by atomic mass is 16.1. The maximum atomic E-state index is 13.2. The number of para-hydroxylation sites is 1. The van der Waals surface area contributed by atoms with Gasteiger partial charge in [0.2, 0.25) is 0 Å². The molecule has 0 saturated carbocycles. The third-order valence-corrected chi connectivity index (χ3v) is 4.31. The van der Waals surface area contributed by atoms with Crippen LogP contribution in [0.1, 0.15) is 5.56 Å². The predicted octanol–water partition coefficient (Wildman–Crippen LogP) is 4.81. The average molecular weight is 326 g/mol. The molecule has 0 unspecified atom stereocenters. The van der Waals surface area contributed by atoms with Crippen molar-refractivity contribution in [3.05, 3.63) is 101 Å². The van der Waals surface area contributed by atoms with Crippen LogP contribution in [-0.2, 0) is 0 Å². The molecular formula is C22H18N2O. The number of aromatic nitrogens is 2. The average Bonchev–Trinajstić information content (AvgIpc) is 3.01. The molecule has 25 heavy (non-hydrogen) atoms. The zero-order valence-corrected chi connectivity index (χ0v) is 13.9. The fourth-order valence-corrected chi connectivity index (χ4v) is 3.00. The number of rotatable bonds is 3. The fourth-order valence-electron chi connectivity index (χ4n) is 3.00. The largest absolute Gasteiger partial charge is 0.290 e. The van der Waals surface area contributed by atoms with Crippen LogP contribution < -0.4 is 5.56 Å². The summed E-state index contributed by atoms with van der Waals surface area (Å²) in [6.45, 7) is 2.04. The summed E-state index contributed by atoms with van der Waals surface area (Å²) in [5.41, 5.74) is 5.37. The van der Waals surface area contributed by atoms with E-state index < -0.39 is 0 Å². The first-order valence-corrected chi connectivity index (χ1v) is 8.27. The third kappa shape index (κ3) is 2.81. The third-order valence-electron chi connectivity index (χ3n) is 4.31. The summed E-state index contributed by atoms with van der Waals surface area (Å²) < 4.78 is 1.61. The molecule has 0 aliphatic carbocycles. The first kappa shape index (κ1) is 15.2. The van der Waals surface area contributed by atoms with E-state index in [1.54, 1.807) is 4.68 Å². The van der Waals surface area contributed by atoms with Gasteiger partial charge in [0.05, 0.1) is 16.9 Å². The molecule has 4 aromatic rings. The maximum Gasteiger partial charge on any atom is 0.279 e. The van der Waals surface area contributed by atoms with E-state index in [-0.39, 0.29) is 5.56 Å². The summed E-state index contributed by atoms with van der Waals surface area (Å²) in [5.74, 6) is 0. The van der Waals surface area contributed by atoms with Crippen LogP contribution in [0.2, 0.25) is 0 Å². The summed E-state index contributed by atoms with van der Waals surface area (Å²) >= 11 is 0. The van der Waals surface area contributed by atoms with Crippen LogP contribution >= 0.6 is 0 Å². The molecule has 3 aromatic carbocycles. The molecule has 0 aliphatic heterocycles. The summed E-state index contributed by atoms with van der Waals surface area (Å²) in [7, 11) is 0. The zero-order chi connectivity index (χ0) is 17.2. The van der Waals surface area contributed by atoms with E-state index >= 15 is 0 Å². The standard InChI is InChI=1S/C22H18N2O/c1-16-12-14-17(15-13-16)20-21(18-8-4-2-5-9-18)23-24(22(20)25)19-10-6-3-7-11-19/h2-15,23H,1H3. The van der Waals surface area contributed by atoms with Crippen molar-refractivity contribution in [2.45, 2.75) is 6.92 Å². The maximum absolute atomic E-state index is 13.2. The number of hydrogen-bond acceptors (Lipinski definition) is 1. The second-order valence-electron chi connectivity index (χ2n) is 6.07. The summed E-state index contributed by atoms with van der Waals surface area (Å²) in [6, 6.07) is 27.7. The number of nitrogens with one attached hydrogen (secondary N) is 1. The van der Waals surface area contributed by atoms with Crippen molar-refractivity contribution >= 4 is 0 Å². The molecule has 3 nitrogen and oxygen atoms in total. The van der Waals surface area contributed by atoms with Crippen molar-refractivity contribution in [1.29, 1.82) is 0 Å². The van der Waals surface area contributed by atoms with Gasteiger partial charge in [-0.15, -0.1) is 0 Å². The van der Waals surface area contributed by atoms with Crippen LogP contribution in [0.4, 0.5) is 0 Å². The Morgan fingerprint density at radius 1 is 0.720 bits per heavy atom. The molecule has 4 rings (SSSR count). The van der Waals surface area contributed by atoms with Gasteiger partial charge in [0.15, 0.2) is 0 Å². The van der Waals surface area contributed by atoms with Crippen LogP contribution in [-0.4, -0.2) is 9.78 Å². The molecule has 1 N–H and O–H groups in total. The first-order chi connectivity index (χ1) is 12.2. The topological polar surface area (TPSA) is 37.8 Å². The van der Waals surface area contributed by atoms with E-state index in [0.717, 1.165) is 22.5 Å². The molecule has 0 fully saturated rings.